The number of halogens is 5. The summed E-state index contributed by atoms with van der Waals surface area (Å²) in [7, 11) is -4.64. The minimum atomic E-state index is -4.64. The zero-order chi connectivity index (χ0) is 20.8. The third kappa shape index (κ3) is 3.82. The van der Waals surface area contributed by atoms with Crippen molar-refractivity contribution < 1.29 is 26.0 Å². The fourth-order valence-electron chi connectivity index (χ4n) is 2.65. The van der Waals surface area contributed by atoms with Gasteiger partial charge in [0.05, 0.1) is 11.4 Å². The first-order valence-electron chi connectivity index (χ1n) is 7.66. The molecule has 11 heteroatoms. The molecule has 0 aliphatic rings. The average molecular weight is 478 g/mol. The number of nitrogens with two attached hydrogens (primary N) is 1. The van der Waals surface area contributed by atoms with Crippen molar-refractivity contribution in [3.63, 3.8) is 0 Å². The van der Waals surface area contributed by atoms with Crippen LogP contribution in [-0.4, -0.2) is 18.2 Å². The number of sulfonamides is 1. The van der Waals surface area contributed by atoms with E-state index in [1.807, 2.05) is 0 Å². The first-order chi connectivity index (χ1) is 13.0. The van der Waals surface area contributed by atoms with Crippen molar-refractivity contribution in [2.24, 2.45) is 5.14 Å². The predicted octanol–water partition coefficient (Wildman–Crippen LogP) is 4.47. The highest BCUT2D eigenvalue weighted by Gasteiger charge is 2.24. The number of rotatable bonds is 4. The van der Waals surface area contributed by atoms with Crippen molar-refractivity contribution in [1.82, 2.24) is 9.78 Å². The summed E-state index contributed by atoms with van der Waals surface area (Å²) in [6.07, 6.45) is -2.92. The molecule has 2 N–H and O–H groups in total. The van der Waals surface area contributed by atoms with Gasteiger partial charge >= 0.3 is 0 Å². The number of aryl methyl sites for hydroxylation is 1. The van der Waals surface area contributed by atoms with Crippen LogP contribution in [0.25, 0.3) is 16.9 Å². The van der Waals surface area contributed by atoms with E-state index < -0.39 is 38.7 Å². The SMILES string of the molecule is Cc1cc(-n2nc(C(F)F)cc2-c2cc(F)c(S(N)(=O)=O)c(F)c2)ccc1Br. The summed E-state index contributed by atoms with van der Waals surface area (Å²) in [5.41, 5.74) is 0.323. The Morgan fingerprint density at radius 3 is 2.21 bits per heavy atom. The van der Waals surface area contributed by atoms with Crippen molar-refractivity contribution in [2.45, 2.75) is 18.2 Å². The van der Waals surface area contributed by atoms with E-state index in [9.17, 15) is 26.0 Å². The molecule has 0 saturated heterocycles. The second kappa shape index (κ2) is 7.30. The van der Waals surface area contributed by atoms with Gasteiger partial charge in [-0.1, -0.05) is 15.9 Å². The van der Waals surface area contributed by atoms with Crippen molar-refractivity contribution >= 4 is 26.0 Å². The molecule has 0 spiro atoms. The molecule has 5 nitrogen and oxygen atoms in total. The maximum Gasteiger partial charge on any atom is 0.282 e. The third-order valence-corrected chi connectivity index (χ3v) is 5.77. The fourth-order valence-corrected chi connectivity index (χ4v) is 3.56. The van der Waals surface area contributed by atoms with Gasteiger partial charge in [0.15, 0.2) is 4.90 Å². The van der Waals surface area contributed by atoms with Gasteiger partial charge in [-0.25, -0.2) is 35.8 Å². The van der Waals surface area contributed by atoms with Crippen LogP contribution in [0.1, 0.15) is 17.7 Å². The van der Waals surface area contributed by atoms with Crippen LogP contribution in [0.2, 0.25) is 0 Å². The third-order valence-electron chi connectivity index (χ3n) is 3.92. The second-order valence-electron chi connectivity index (χ2n) is 5.91. The van der Waals surface area contributed by atoms with Crippen LogP contribution in [0.15, 0.2) is 45.8 Å². The molecule has 3 aromatic rings. The molecule has 0 unspecified atom stereocenters. The van der Waals surface area contributed by atoms with E-state index in [-0.39, 0.29) is 11.3 Å². The number of benzene rings is 2. The van der Waals surface area contributed by atoms with Gasteiger partial charge in [-0.15, -0.1) is 0 Å². The summed E-state index contributed by atoms with van der Waals surface area (Å²) >= 11 is 3.32. The van der Waals surface area contributed by atoms with Crippen molar-refractivity contribution in [1.29, 1.82) is 0 Å². The lowest BCUT2D eigenvalue weighted by Crippen LogP contribution is -2.16. The maximum absolute atomic E-state index is 14.2. The average Bonchev–Trinajstić information content (AvgIpc) is 3.01. The van der Waals surface area contributed by atoms with Gasteiger partial charge in [0.1, 0.15) is 17.3 Å². The van der Waals surface area contributed by atoms with Gasteiger partial charge < -0.3 is 0 Å². The number of nitrogens with zero attached hydrogens (tertiary/aromatic N) is 2. The van der Waals surface area contributed by atoms with Gasteiger partial charge in [-0.2, -0.15) is 5.10 Å². The Balaban J connectivity index is 2.26. The number of alkyl halides is 2. The van der Waals surface area contributed by atoms with E-state index in [2.05, 4.69) is 21.0 Å². The lowest BCUT2D eigenvalue weighted by Gasteiger charge is -2.11. The van der Waals surface area contributed by atoms with E-state index in [1.165, 1.54) is 0 Å². The molecule has 0 fully saturated rings. The highest BCUT2D eigenvalue weighted by molar-refractivity contribution is 9.10. The molecule has 0 aliphatic carbocycles. The molecule has 0 aliphatic heterocycles. The zero-order valence-corrected chi connectivity index (χ0v) is 16.5. The van der Waals surface area contributed by atoms with Gasteiger partial charge in [0, 0.05) is 10.0 Å². The number of hydrogen-bond donors (Lipinski definition) is 1. The molecule has 0 bridgehead atoms. The van der Waals surface area contributed by atoms with Crippen LogP contribution in [0, 0.1) is 18.6 Å². The minimum Gasteiger partial charge on any atom is -0.233 e. The Hall–Kier alpha value is -2.24. The van der Waals surface area contributed by atoms with Gasteiger partial charge in [-0.05, 0) is 48.9 Å². The summed E-state index contributed by atoms with van der Waals surface area (Å²) in [6, 6.07) is 7.28. The van der Waals surface area contributed by atoms with Crippen LogP contribution >= 0.6 is 15.9 Å². The Kier molecular flexibility index (Phi) is 5.34. The van der Waals surface area contributed by atoms with Crippen LogP contribution < -0.4 is 5.14 Å². The molecular weight excluding hydrogens is 466 g/mol. The normalized spacial score (nSPS) is 12.0. The van der Waals surface area contributed by atoms with E-state index in [0.29, 0.717) is 17.8 Å². The quantitative estimate of drug-likeness (QED) is 0.563. The summed E-state index contributed by atoms with van der Waals surface area (Å²) in [6.45, 7) is 1.77. The Morgan fingerprint density at radius 1 is 1.11 bits per heavy atom. The molecule has 2 aromatic carbocycles. The van der Waals surface area contributed by atoms with Crippen LogP contribution in [-0.2, 0) is 10.0 Å². The molecule has 0 atom stereocenters. The number of primary sulfonamides is 1. The first-order valence-corrected chi connectivity index (χ1v) is 10.00. The van der Waals surface area contributed by atoms with E-state index >= 15 is 0 Å². The Morgan fingerprint density at radius 2 is 1.71 bits per heavy atom. The van der Waals surface area contributed by atoms with Gasteiger partial charge in [0.2, 0.25) is 10.0 Å². The summed E-state index contributed by atoms with van der Waals surface area (Å²) in [5.74, 6) is -2.87. The Labute approximate surface area is 166 Å². The monoisotopic (exact) mass is 477 g/mol. The Bertz CT molecular complexity index is 1160. The lowest BCUT2D eigenvalue weighted by atomic mass is 10.1. The molecule has 0 radical (unpaired) electrons. The molecule has 148 valence electrons. The smallest absolute Gasteiger partial charge is 0.233 e. The summed E-state index contributed by atoms with van der Waals surface area (Å²) in [5, 5.41) is 8.63. The largest absolute Gasteiger partial charge is 0.282 e. The topological polar surface area (TPSA) is 78.0 Å². The molecule has 3 rings (SSSR count). The maximum atomic E-state index is 14.2. The van der Waals surface area contributed by atoms with Crippen molar-refractivity contribution in [3.8, 4) is 16.9 Å². The van der Waals surface area contributed by atoms with E-state index in [4.69, 9.17) is 5.14 Å². The van der Waals surface area contributed by atoms with Crippen molar-refractivity contribution in [3.05, 3.63) is 63.8 Å². The first kappa shape index (κ1) is 20.5. The van der Waals surface area contributed by atoms with Gasteiger partial charge in [0.25, 0.3) is 6.43 Å². The number of hydrogen-bond acceptors (Lipinski definition) is 3. The molecule has 28 heavy (non-hydrogen) atoms. The fraction of sp³-hybridized carbons (Fsp3) is 0.118. The molecule has 0 amide bonds. The zero-order valence-electron chi connectivity index (χ0n) is 14.1. The molecular formula is C17H12BrF4N3O2S. The molecule has 1 heterocycles. The van der Waals surface area contributed by atoms with E-state index in [0.717, 1.165) is 20.8 Å². The van der Waals surface area contributed by atoms with Crippen LogP contribution in [0.3, 0.4) is 0 Å². The lowest BCUT2D eigenvalue weighted by molar-refractivity contribution is 0.145. The number of aromatic nitrogens is 2. The second-order valence-corrected chi connectivity index (χ2v) is 8.27. The molecule has 1 aromatic heterocycles. The van der Waals surface area contributed by atoms with Gasteiger partial charge in [-0.3, -0.25) is 0 Å². The summed E-state index contributed by atoms with van der Waals surface area (Å²) in [4.78, 5) is -1.30. The summed E-state index contributed by atoms with van der Waals surface area (Å²) < 4.78 is 79.4. The van der Waals surface area contributed by atoms with Crippen molar-refractivity contribution in [2.75, 3.05) is 0 Å². The predicted molar refractivity (Wildman–Crippen MR) is 97.7 cm³/mol. The highest BCUT2D eigenvalue weighted by atomic mass is 79.9. The molecule has 0 saturated carbocycles. The van der Waals surface area contributed by atoms with Crippen LogP contribution in [0.4, 0.5) is 17.6 Å². The highest BCUT2D eigenvalue weighted by Crippen LogP contribution is 2.32. The standard InChI is InChI=1S/C17H12BrF4N3O2S/c1-8-4-10(2-3-11(8)18)25-15(7-14(24-25)17(21)22)9-5-12(19)16(13(20)6-9)28(23,26)27/h2-7,17H,1H3,(H2,23,26,27). The minimum absolute atomic E-state index is 0.0456. The van der Waals surface area contributed by atoms with E-state index in [1.54, 1.807) is 25.1 Å². The van der Waals surface area contributed by atoms with Crippen LogP contribution in [0.5, 0.6) is 0 Å².